The molecule has 3 N–H and O–H groups in total. The second-order valence-electron chi connectivity index (χ2n) is 6.35. The van der Waals surface area contributed by atoms with Gasteiger partial charge in [-0.15, -0.1) is 24.0 Å². The minimum Gasteiger partial charge on any atom is -0.357 e. The van der Waals surface area contributed by atoms with Crippen LogP contribution in [-0.4, -0.2) is 48.3 Å². The van der Waals surface area contributed by atoms with Crippen LogP contribution in [0, 0.1) is 6.92 Å². The largest absolute Gasteiger partial charge is 0.357 e. The Morgan fingerprint density at radius 1 is 1.29 bits per heavy atom. The molecule has 1 amide bonds. The molecule has 0 atom stereocenters. The highest BCUT2D eigenvalue weighted by Gasteiger charge is 2.04. The summed E-state index contributed by atoms with van der Waals surface area (Å²) in [5.74, 6) is 0.753. The van der Waals surface area contributed by atoms with Crippen molar-refractivity contribution < 1.29 is 4.79 Å². The van der Waals surface area contributed by atoms with E-state index >= 15 is 0 Å². The molecule has 0 spiro atoms. The summed E-state index contributed by atoms with van der Waals surface area (Å²) in [6, 6.07) is 7.69. The molecule has 0 unspecified atom stereocenters. The first kappa shape index (κ1) is 23.9. The third-order valence-corrected chi connectivity index (χ3v) is 4.04. The molecule has 2 aromatic rings. The third-order valence-electron chi connectivity index (χ3n) is 4.04. The Labute approximate surface area is 184 Å². The number of nitrogens with one attached hydrogen (secondary N) is 3. The molecule has 8 heteroatoms. The predicted molar refractivity (Wildman–Crippen MR) is 125 cm³/mol. The number of amides is 1. The van der Waals surface area contributed by atoms with Crippen LogP contribution < -0.4 is 16.0 Å². The molecule has 0 aliphatic carbocycles. The first-order chi connectivity index (χ1) is 13.1. The van der Waals surface area contributed by atoms with Gasteiger partial charge in [-0.1, -0.05) is 12.1 Å². The SMILES string of the molecule is CCNC(=NCCCn1cc(C)cn1)NCCc1cccc(C(=O)NC)c1.I. The number of benzene rings is 1. The van der Waals surface area contributed by atoms with E-state index in [2.05, 4.69) is 33.0 Å². The summed E-state index contributed by atoms with van der Waals surface area (Å²) in [5.41, 5.74) is 2.98. The average Bonchev–Trinajstić information content (AvgIpc) is 3.10. The lowest BCUT2D eigenvalue weighted by Gasteiger charge is -2.11. The van der Waals surface area contributed by atoms with Crippen molar-refractivity contribution in [3.63, 3.8) is 0 Å². The molecule has 7 nitrogen and oxygen atoms in total. The molecule has 154 valence electrons. The first-order valence-corrected chi connectivity index (χ1v) is 9.44. The van der Waals surface area contributed by atoms with Crippen molar-refractivity contribution in [2.45, 2.75) is 33.2 Å². The smallest absolute Gasteiger partial charge is 0.251 e. The van der Waals surface area contributed by atoms with Gasteiger partial charge in [0.1, 0.15) is 0 Å². The van der Waals surface area contributed by atoms with Crippen molar-refractivity contribution >= 4 is 35.8 Å². The fourth-order valence-corrected chi connectivity index (χ4v) is 2.69. The van der Waals surface area contributed by atoms with Gasteiger partial charge in [0.2, 0.25) is 0 Å². The van der Waals surface area contributed by atoms with Crippen LogP contribution in [0.3, 0.4) is 0 Å². The zero-order valence-corrected chi connectivity index (χ0v) is 19.2. The number of aryl methyl sites for hydroxylation is 2. The zero-order valence-electron chi connectivity index (χ0n) is 16.9. The first-order valence-electron chi connectivity index (χ1n) is 9.44. The maximum Gasteiger partial charge on any atom is 0.251 e. The Hall–Kier alpha value is -2.10. The Morgan fingerprint density at radius 3 is 2.79 bits per heavy atom. The van der Waals surface area contributed by atoms with Crippen LogP contribution in [0.4, 0.5) is 0 Å². The minimum absolute atomic E-state index is 0. The van der Waals surface area contributed by atoms with Gasteiger partial charge in [0, 0.05) is 45.0 Å². The molecule has 0 aliphatic rings. The Bertz CT molecular complexity index is 759. The number of aliphatic imine (C=N–C) groups is 1. The Balaban J connectivity index is 0.00000392. The van der Waals surface area contributed by atoms with Crippen LogP contribution in [0.1, 0.15) is 34.8 Å². The van der Waals surface area contributed by atoms with Crippen LogP contribution in [0.5, 0.6) is 0 Å². The van der Waals surface area contributed by atoms with E-state index in [1.54, 1.807) is 7.05 Å². The van der Waals surface area contributed by atoms with Gasteiger partial charge < -0.3 is 16.0 Å². The van der Waals surface area contributed by atoms with Crippen LogP contribution in [-0.2, 0) is 13.0 Å². The van der Waals surface area contributed by atoms with Crippen molar-refractivity contribution in [3.05, 3.63) is 53.3 Å². The minimum atomic E-state index is -0.0629. The van der Waals surface area contributed by atoms with E-state index in [1.165, 1.54) is 5.56 Å². The molecule has 28 heavy (non-hydrogen) atoms. The number of hydrogen-bond donors (Lipinski definition) is 3. The van der Waals surface area contributed by atoms with Crippen LogP contribution >= 0.6 is 24.0 Å². The van der Waals surface area contributed by atoms with Gasteiger partial charge in [-0.25, -0.2) is 0 Å². The van der Waals surface area contributed by atoms with Gasteiger partial charge in [0.05, 0.1) is 6.20 Å². The van der Waals surface area contributed by atoms with Crippen LogP contribution in [0.25, 0.3) is 0 Å². The van der Waals surface area contributed by atoms with E-state index in [0.717, 1.165) is 50.5 Å². The normalized spacial score (nSPS) is 10.9. The highest BCUT2D eigenvalue weighted by Crippen LogP contribution is 2.05. The van der Waals surface area contributed by atoms with E-state index < -0.39 is 0 Å². The molecule has 1 heterocycles. The Kier molecular flexibility index (Phi) is 11.2. The maximum absolute atomic E-state index is 11.7. The summed E-state index contributed by atoms with van der Waals surface area (Å²) in [6.07, 6.45) is 5.67. The van der Waals surface area contributed by atoms with E-state index in [0.29, 0.717) is 5.56 Å². The van der Waals surface area contributed by atoms with E-state index in [-0.39, 0.29) is 29.9 Å². The second-order valence-corrected chi connectivity index (χ2v) is 6.35. The lowest BCUT2D eigenvalue weighted by molar-refractivity contribution is 0.0963. The van der Waals surface area contributed by atoms with Gasteiger partial charge >= 0.3 is 0 Å². The number of rotatable bonds is 9. The summed E-state index contributed by atoms with van der Waals surface area (Å²) in [6.45, 7) is 7.26. The van der Waals surface area contributed by atoms with Crippen molar-refractivity contribution in [2.75, 3.05) is 26.7 Å². The number of hydrogen-bond acceptors (Lipinski definition) is 3. The molecule has 0 saturated carbocycles. The summed E-state index contributed by atoms with van der Waals surface area (Å²) in [5, 5.41) is 13.6. The molecule has 0 aliphatic heterocycles. The van der Waals surface area contributed by atoms with Gasteiger partial charge in [-0.2, -0.15) is 5.10 Å². The molecular weight excluding hydrogens is 467 g/mol. The molecule has 0 fully saturated rings. The van der Waals surface area contributed by atoms with Crippen molar-refractivity contribution in [1.29, 1.82) is 0 Å². The fraction of sp³-hybridized carbons (Fsp3) is 0.450. The van der Waals surface area contributed by atoms with Crippen molar-refractivity contribution in [1.82, 2.24) is 25.7 Å². The highest BCUT2D eigenvalue weighted by molar-refractivity contribution is 14.0. The van der Waals surface area contributed by atoms with Gasteiger partial charge in [-0.05, 0) is 49.9 Å². The quantitative estimate of drug-likeness (QED) is 0.215. The lowest BCUT2D eigenvalue weighted by atomic mass is 10.1. The zero-order chi connectivity index (χ0) is 19.5. The molecular formula is C20H31IN6O. The van der Waals surface area contributed by atoms with Gasteiger partial charge in [-0.3, -0.25) is 14.5 Å². The maximum atomic E-state index is 11.7. The van der Waals surface area contributed by atoms with Crippen LogP contribution in [0.15, 0.2) is 41.7 Å². The summed E-state index contributed by atoms with van der Waals surface area (Å²) < 4.78 is 1.95. The summed E-state index contributed by atoms with van der Waals surface area (Å²) >= 11 is 0. The highest BCUT2D eigenvalue weighted by atomic mass is 127. The Morgan fingerprint density at radius 2 is 2.11 bits per heavy atom. The van der Waals surface area contributed by atoms with Gasteiger partial charge in [0.15, 0.2) is 5.96 Å². The summed E-state index contributed by atoms with van der Waals surface area (Å²) in [7, 11) is 1.64. The molecule has 0 bridgehead atoms. The van der Waals surface area contributed by atoms with Gasteiger partial charge in [0.25, 0.3) is 5.91 Å². The molecule has 0 saturated heterocycles. The molecule has 1 aromatic heterocycles. The molecule has 0 radical (unpaired) electrons. The number of halogens is 1. The number of aromatic nitrogens is 2. The number of carbonyl (C=O) groups is 1. The number of guanidine groups is 1. The number of nitrogens with zero attached hydrogens (tertiary/aromatic N) is 3. The standard InChI is InChI=1S/C20H30N6O.HI/c1-4-22-20(23-10-6-12-26-15-16(2)14-25-26)24-11-9-17-7-5-8-18(13-17)19(27)21-3;/h5,7-8,13-15H,4,6,9-12H2,1-3H3,(H,21,27)(H2,22,23,24);1H. The van der Waals surface area contributed by atoms with Crippen molar-refractivity contribution in [2.24, 2.45) is 4.99 Å². The van der Waals surface area contributed by atoms with E-state index in [1.807, 2.05) is 48.3 Å². The lowest BCUT2D eigenvalue weighted by Crippen LogP contribution is -2.38. The van der Waals surface area contributed by atoms with E-state index in [9.17, 15) is 4.79 Å². The second kappa shape index (κ2) is 13.1. The molecule has 2 rings (SSSR count). The number of carbonyl (C=O) groups excluding carboxylic acids is 1. The van der Waals surface area contributed by atoms with E-state index in [4.69, 9.17) is 0 Å². The van der Waals surface area contributed by atoms with Crippen LogP contribution in [0.2, 0.25) is 0 Å². The monoisotopic (exact) mass is 498 g/mol. The third kappa shape index (κ3) is 8.28. The van der Waals surface area contributed by atoms with Crippen molar-refractivity contribution in [3.8, 4) is 0 Å². The topological polar surface area (TPSA) is 83.3 Å². The molecule has 1 aromatic carbocycles. The summed E-state index contributed by atoms with van der Waals surface area (Å²) in [4.78, 5) is 16.3. The fourth-order valence-electron chi connectivity index (χ4n) is 2.69. The predicted octanol–water partition coefficient (Wildman–Crippen LogP) is 2.36. The average molecular weight is 498 g/mol.